The molecule has 0 aromatic carbocycles. The van der Waals surface area contributed by atoms with Crippen LogP contribution in [0.15, 0.2) is 18.5 Å². The van der Waals surface area contributed by atoms with Gasteiger partial charge in [-0.3, -0.25) is 4.98 Å². The summed E-state index contributed by atoms with van der Waals surface area (Å²) >= 11 is 0. The Kier molecular flexibility index (Phi) is 5.35. The van der Waals surface area contributed by atoms with Crippen LogP contribution < -0.4 is 10.6 Å². The minimum atomic E-state index is -0.430. The number of carbonyl (C=O) groups is 2. The third-order valence-corrected chi connectivity index (χ3v) is 4.92. The molecule has 0 bridgehead atoms. The molecule has 1 unspecified atom stereocenters. The molecule has 2 saturated heterocycles. The minimum absolute atomic E-state index is 0.00376. The van der Waals surface area contributed by atoms with Crippen LogP contribution in [0.25, 0.3) is 0 Å². The Bertz CT molecular complexity index is 633. The van der Waals surface area contributed by atoms with Crippen LogP contribution >= 0.6 is 0 Å². The highest BCUT2D eigenvalue weighted by atomic mass is 19.1. The Morgan fingerprint density at radius 3 is 2.84 bits per heavy atom. The molecule has 4 amide bonds. The lowest BCUT2D eigenvalue weighted by atomic mass is 10.0. The Morgan fingerprint density at radius 1 is 1.40 bits per heavy atom. The Balaban J connectivity index is 1.51. The van der Waals surface area contributed by atoms with E-state index in [1.807, 2.05) is 4.90 Å². The lowest BCUT2D eigenvalue weighted by Gasteiger charge is -2.40. The van der Waals surface area contributed by atoms with E-state index in [1.54, 1.807) is 17.9 Å². The monoisotopic (exact) mass is 349 g/mol. The number of urea groups is 2. The fourth-order valence-corrected chi connectivity index (χ4v) is 3.47. The Labute approximate surface area is 146 Å². The number of hydrogen-bond acceptors (Lipinski definition) is 3. The molecule has 0 spiro atoms. The first-order valence-electron chi connectivity index (χ1n) is 8.75. The van der Waals surface area contributed by atoms with Crippen LogP contribution in [0.1, 0.15) is 37.8 Å². The summed E-state index contributed by atoms with van der Waals surface area (Å²) in [6.45, 7) is 4.44. The maximum atomic E-state index is 13.8. The normalized spacial score (nSPS) is 20.2. The molecule has 7 nitrogen and oxygen atoms in total. The molecule has 1 atom stereocenters. The van der Waals surface area contributed by atoms with E-state index in [2.05, 4.69) is 15.6 Å². The zero-order chi connectivity index (χ0) is 17.8. The number of carbonyl (C=O) groups excluding carboxylic acids is 2. The average Bonchev–Trinajstić information content (AvgIpc) is 2.62. The quantitative estimate of drug-likeness (QED) is 0.874. The molecule has 2 aliphatic heterocycles. The van der Waals surface area contributed by atoms with Crippen molar-refractivity contribution in [3.8, 4) is 0 Å². The Hall–Kier alpha value is -2.38. The second kappa shape index (κ2) is 7.67. The third kappa shape index (κ3) is 4.00. The predicted octanol–water partition coefficient (Wildman–Crippen LogP) is 1.87. The standard InChI is InChI=1S/C17H24FN5O2/c1-12(14-3-7-19-11-15(14)18)21-17(25)22-9-4-13(5-10-22)23-8-2-6-20-16(23)24/h3,7,11-13H,2,4-6,8-10H2,1H3,(H,20,24)(H,21,25). The molecule has 136 valence electrons. The van der Waals surface area contributed by atoms with Gasteiger partial charge in [-0.15, -0.1) is 0 Å². The molecule has 3 rings (SSSR count). The van der Waals surface area contributed by atoms with Gasteiger partial charge in [-0.2, -0.15) is 0 Å². The van der Waals surface area contributed by atoms with Crippen molar-refractivity contribution in [3.05, 3.63) is 29.8 Å². The summed E-state index contributed by atoms with van der Waals surface area (Å²) < 4.78 is 13.8. The molecule has 1 aromatic rings. The summed E-state index contributed by atoms with van der Waals surface area (Å²) in [6, 6.07) is 1.11. The first-order valence-corrected chi connectivity index (χ1v) is 8.75. The number of piperidine rings is 1. The highest BCUT2D eigenvalue weighted by Crippen LogP contribution is 2.20. The molecule has 2 N–H and O–H groups in total. The van der Waals surface area contributed by atoms with E-state index in [9.17, 15) is 14.0 Å². The fourth-order valence-electron chi connectivity index (χ4n) is 3.47. The number of aromatic nitrogens is 1. The zero-order valence-electron chi connectivity index (χ0n) is 14.4. The second-order valence-electron chi connectivity index (χ2n) is 6.57. The highest BCUT2D eigenvalue weighted by molar-refractivity contribution is 5.76. The number of hydrogen-bond donors (Lipinski definition) is 2. The van der Waals surface area contributed by atoms with Gasteiger partial charge in [-0.25, -0.2) is 14.0 Å². The Morgan fingerprint density at radius 2 is 2.16 bits per heavy atom. The van der Waals surface area contributed by atoms with Crippen molar-refractivity contribution < 1.29 is 14.0 Å². The number of rotatable bonds is 3. The lowest BCUT2D eigenvalue weighted by molar-refractivity contribution is 0.118. The van der Waals surface area contributed by atoms with Crippen LogP contribution in [0.4, 0.5) is 14.0 Å². The van der Waals surface area contributed by atoms with Crippen molar-refractivity contribution in [2.45, 2.75) is 38.3 Å². The minimum Gasteiger partial charge on any atom is -0.338 e. The molecule has 25 heavy (non-hydrogen) atoms. The van der Waals surface area contributed by atoms with Crippen LogP contribution in [0.3, 0.4) is 0 Å². The van der Waals surface area contributed by atoms with Gasteiger partial charge in [0.25, 0.3) is 0 Å². The molecule has 0 aliphatic carbocycles. The fraction of sp³-hybridized carbons (Fsp3) is 0.588. The van der Waals surface area contributed by atoms with Gasteiger partial charge in [0.05, 0.1) is 12.2 Å². The van der Waals surface area contributed by atoms with Gasteiger partial charge in [0.15, 0.2) is 0 Å². The molecule has 2 aliphatic rings. The van der Waals surface area contributed by atoms with Gasteiger partial charge in [0.1, 0.15) is 5.82 Å². The lowest BCUT2D eigenvalue weighted by Crippen LogP contribution is -2.55. The van der Waals surface area contributed by atoms with Crippen LogP contribution in [-0.4, -0.2) is 59.1 Å². The van der Waals surface area contributed by atoms with Crippen LogP contribution in [0.2, 0.25) is 0 Å². The molecule has 2 fully saturated rings. The molecule has 0 saturated carbocycles. The van der Waals surface area contributed by atoms with Crippen molar-refractivity contribution in [1.82, 2.24) is 25.4 Å². The van der Waals surface area contributed by atoms with Crippen LogP contribution in [-0.2, 0) is 0 Å². The molecular weight excluding hydrogens is 325 g/mol. The van der Waals surface area contributed by atoms with Crippen molar-refractivity contribution in [2.75, 3.05) is 26.2 Å². The summed E-state index contributed by atoms with van der Waals surface area (Å²) in [5, 5.41) is 5.70. The molecule has 3 heterocycles. The zero-order valence-corrected chi connectivity index (χ0v) is 14.4. The van der Waals surface area contributed by atoms with Gasteiger partial charge in [0, 0.05) is 44.0 Å². The summed E-state index contributed by atoms with van der Waals surface area (Å²) in [5.41, 5.74) is 0.420. The van der Waals surface area contributed by atoms with Gasteiger partial charge >= 0.3 is 12.1 Å². The molecular formula is C17H24FN5O2. The van der Waals surface area contributed by atoms with Gasteiger partial charge < -0.3 is 20.4 Å². The van der Waals surface area contributed by atoms with Crippen molar-refractivity contribution in [3.63, 3.8) is 0 Å². The van der Waals surface area contributed by atoms with Crippen LogP contribution in [0, 0.1) is 5.82 Å². The second-order valence-corrected chi connectivity index (χ2v) is 6.57. The number of likely N-dealkylation sites (tertiary alicyclic amines) is 1. The smallest absolute Gasteiger partial charge is 0.317 e. The number of pyridine rings is 1. The highest BCUT2D eigenvalue weighted by Gasteiger charge is 2.31. The van der Waals surface area contributed by atoms with E-state index in [0.29, 0.717) is 18.7 Å². The van der Waals surface area contributed by atoms with E-state index in [-0.39, 0.29) is 18.1 Å². The molecule has 8 heteroatoms. The largest absolute Gasteiger partial charge is 0.338 e. The van der Waals surface area contributed by atoms with Crippen molar-refractivity contribution >= 4 is 12.1 Å². The topological polar surface area (TPSA) is 77.6 Å². The summed E-state index contributed by atoms with van der Waals surface area (Å²) in [4.78, 5) is 31.7. The summed E-state index contributed by atoms with van der Waals surface area (Å²) in [6.07, 6.45) is 5.14. The maximum absolute atomic E-state index is 13.8. The predicted molar refractivity (Wildman–Crippen MR) is 90.5 cm³/mol. The maximum Gasteiger partial charge on any atom is 0.317 e. The number of nitrogens with zero attached hydrogens (tertiary/aromatic N) is 3. The van der Waals surface area contributed by atoms with E-state index in [0.717, 1.165) is 38.5 Å². The van der Waals surface area contributed by atoms with Crippen molar-refractivity contribution in [2.24, 2.45) is 0 Å². The third-order valence-electron chi connectivity index (χ3n) is 4.92. The van der Waals surface area contributed by atoms with E-state index >= 15 is 0 Å². The first-order chi connectivity index (χ1) is 12.1. The molecule has 1 aromatic heterocycles. The summed E-state index contributed by atoms with van der Waals surface area (Å²) in [5.74, 6) is -0.426. The van der Waals surface area contributed by atoms with Gasteiger partial charge in [-0.1, -0.05) is 0 Å². The number of amides is 4. The van der Waals surface area contributed by atoms with Gasteiger partial charge in [0.2, 0.25) is 0 Å². The first kappa shape index (κ1) is 17.4. The van der Waals surface area contributed by atoms with E-state index in [1.165, 1.54) is 6.20 Å². The van der Waals surface area contributed by atoms with Crippen molar-refractivity contribution in [1.29, 1.82) is 0 Å². The SMILES string of the molecule is CC(NC(=O)N1CCC(N2CCCNC2=O)CC1)c1ccncc1F. The number of nitrogens with one attached hydrogen (secondary N) is 2. The number of halogens is 1. The van der Waals surface area contributed by atoms with Crippen LogP contribution in [0.5, 0.6) is 0 Å². The van der Waals surface area contributed by atoms with Gasteiger partial charge in [-0.05, 0) is 32.3 Å². The van der Waals surface area contributed by atoms with E-state index in [4.69, 9.17) is 0 Å². The summed E-state index contributed by atoms with van der Waals surface area (Å²) in [7, 11) is 0. The molecule has 0 radical (unpaired) electrons. The van der Waals surface area contributed by atoms with E-state index < -0.39 is 11.9 Å². The average molecular weight is 349 g/mol.